The molecule has 0 saturated carbocycles. The highest BCUT2D eigenvalue weighted by molar-refractivity contribution is 5.96. The highest BCUT2D eigenvalue weighted by Gasteiger charge is 2.18. The number of fused-ring (bicyclic) bond motifs is 1. The number of hydrogen-bond donors (Lipinski definition) is 1. The van der Waals surface area contributed by atoms with Crippen LogP contribution in [0.5, 0.6) is 0 Å². The van der Waals surface area contributed by atoms with E-state index in [1.54, 1.807) is 24.4 Å². The highest BCUT2D eigenvalue weighted by Crippen LogP contribution is 2.30. The fourth-order valence-corrected chi connectivity index (χ4v) is 3.39. The fraction of sp³-hybridized carbons (Fsp3) is 0.300. The molecule has 1 aromatic carbocycles. The molecule has 1 aliphatic rings. The summed E-state index contributed by atoms with van der Waals surface area (Å²) in [4.78, 5) is 22.0. The van der Waals surface area contributed by atoms with E-state index in [-0.39, 0.29) is 16.7 Å². The quantitative estimate of drug-likeness (QED) is 0.536. The zero-order valence-electron chi connectivity index (χ0n) is 15.5. The first kappa shape index (κ1) is 18.1. The van der Waals surface area contributed by atoms with E-state index in [9.17, 15) is 10.1 Å². The minimum Gasteiger partial charge on any atom is -0.379 e. The second-order valence-corrected chi connectivity index (χ2v) is 6.79. The number of aromatic nitrogens is 2. The number of rotatable bonds is 5. The van der Waals surface area contributed by atoms with Gasteiger partial charge in [-0.1, -0.05) is 6.07 Å². The van der Waals surface area contributed by atoms with Crippen molar-refractivity contribution in [3.63, 3.8) is 0 Å². The Hall–Kier alpha value is -3.26. The van der Waals surface area contributed by atoms with Crippen molar-refractivity contribution in [2.75, 3.05) is 29.9 Å². The van der Waals surface area contributed by atoms with Crippen molar-refractivity contribution in [2.24, 2.45) is 0 Å². The lowest BCUT2D eigenvalue weighted by Gasteiger charge is -2.32. The average molecular weight is 379 g/mol. The fourth-order valence-electron chi connectivity index (χ4n) is 3.39. The molecular weight excluding hydrogens is 358 g/mol. The Balaban J connectivity index is 1.49. The van der Waals surface area contributed by atoms with E-state index >= 15 is 0 Å². The first-order valence-electron chi connectivity index (χ1n) is 9.19. The van der Waals surface area contributed by atoms with Crippen LogP contribution in [0.1, 0.15) is 12.5 Å². The Labute approximate surface area is 162 Å². The Morgan fingerprint density at radius 3 is 2.93 bits per heavy atom. The summed E-state index contributed by atoms with van der Waals surface area (Å²) in [6.07, 6.45) is 3.69. The van der Waals surface area contributed by atoms with Crippen molar-refractivity contribution in [2.45, 2.75) is 19.6 Å². The number of morpholine rings is 1. The molecule has 1 fully saturated rings. The summed E-state index contributed by atoms with van der Waals surface area (Å²) in [5, 5.41) is 15.1. The third-order valence-electron chi connectivity index (χ3n) is 4.80. The van der Waals surface area contributed by atoms with Gasteiger partial charge in [-0.25, -0.2) is 4.98 Å². The van der Waals surface area contributed by atoms with Crippen LogP contribution in [0.4, 0.5) is 17.2 Å². The number of nitrogens with zero attached hydrogens (tertiary/aromatic N) is 4. The molecule has 4 rings (SSSR count). The van der Waals surface area contributed by atoms with Gasteiger partial charge in [0.25, 0.3) is 5.69 Å². The molecule has 0 amide bonds. The topological polar surface area (TPSA) is 93.4 Å². The Bertz CT molecular complexity index is 993. The molecule has 1 saturated heterocycles. The van der Waals surface area contributed by atoms with Crippen LogP contribution >= 0.6 is 0 Å². The van der Waals surface area contributed by atoms with Gasteiger partial charge in [0.15, 0.2) is 0 Å². The summed E-state index contributed by atoms with van der Waals surface area (Å²) in [5.74, 6) is 0.946. The van der Waals surface area contributed by atoms with E-state index in [2.05, 4.69) is 27.1 Å². The van der Waals surface area contributed by atoms with Gasteiger partial charge in [0.1, 0.15) is 11.3 Å². The molecule has 2 aromatic heterocycles. The Morgan fingerprint density at radius 1 is 1.29 bits per heavy atom. The summed E-state index contributed by atoms with van der Waals surface area (Å²) in [5.41, 5.74) is 2.42. The molecule has 0 bridgehead atoms. The van der Waals surface area contributed by atoms with Gasteiger partial charge in [-0.05, 0) is 36.8 Å². The zero-order valence-corrected chi connectivity index (χ0v) is 15.5. The minimum atomic E-state index is -0.386. The Kier molecular flexibility index (Phi) is 5.03. The lowest BCUT2D eigenvalue weighted by molar-refractivity contribution is -0.383. The van der Waals surface area contributed by atoms with Gasteiger partial charge >= 0.3 is 0 Å². The van der Waals surface area contributed by atoms with E-state index in [1.807, 2.05) is 18.3 Å². The van der Waals surface area contributed by atoms with E-state index in [0.717, 1.165) is 30.2 Å². The van der Waals surface area contributed by atoms with Gasteiger partial charge in [-0.2, -0.15) is 0 Å². The second kappa shape index (κ2) is 7.77. The van der Waals surface area contributed by atoms with Gasteiger partial charge in [0, 0.05) is 38.1 Å². The minimum absolute atomic E-state index is 0.0550. The molecule has 3 aromatic rings. The molecule has 8 heteroatoms. The standard InChI is InChI=1S/C20H21N5O3/c1-14-13-24(9-10-28-14)19-7-4-15(12-23-19)11-22-17-5-6-18(25(26)27)16-3-2-8-21-20(16)17/h2-8,12,14,22H,9-11,13H2,1H3. The van der Waals surface area contributed by atoms with Gasteiger partial charge in [0.05, 0.1) is 28.7 Å². The third-order valence-corrected chi connectivity index (χ3v) is 4.80. The number of non-ortho nitro benzene ring substituents is 1. The summed E-state index contributed by atoms with van der Waals surface area (Å²) in [6.45, 7) is 5.01. The molecular formula is C20H21N5O3. The summed E-state index contributed by atoms with van der Waals surface area (Å²) >= 11 is 0. The largest absolute Gasteiger partial charge is 0.379 e. The van der Waals surface area contributed by atoms with Crippen molar-refractivity contribution in [1.82, 2.24) is 9.97 Å². The van der Waals surface area contributed by atoms with Crippen molar-refractivity contribution in [3.8, 4) is 0 Å². The maximum Gasteiger partial charge on any atom is 0.278 e. The van der Waals surface area contributed by atoms with E-state index in [4.69, 9.17) is 4.74 Å². The molecule has 28 heavy (non-hydrogen) atoms. The summed E-state index contributed by atoms with van der Waals surface area (Å²) in [7, 11) is 0. The first-order valence-corrected chi connectivity index (χ1v) is 9.19. The van der Waals surface area contributed by atoms with Crippen molar-refractivity contribution in [3.05, 3.63) is 64.5 Å². The van der Waals surface area contributed by atoms with Crippen molar-refractivity contribution < 1.29 is 9.66 Å². The molecule has 0 radical (unpaired) electrons. The monoisotopic (exact) mass is 379 g/mol. The SMILES string of the molecule is CC1CN(c2ccc(CNc3ccc([N+](=O)[O-])c4cccnc34)cn2)CCO1. The smallest absolute Gasteiger partial charge is 0.278 e. The first-order chi connectivity index (χ1) is 13.6. The van der Waals surface area contributed by atoms with Gasteiger partial charge in [-0.15, -0.1) is 0 Å². The molecule has 144 valence electrons. The third kappa shape index (κ3) is 3.72. The number of nitrogens with one attached hydrogen (secondary N) is 1. The van der Waals surface area contributed by atoms with Gasteiger partial charge < -0.3 is 15.0 Å². The van der Waals surface area contributed by atoms with Gasteiger partial charge in [-0.3, -0.25) is 15.1 Å². The van der Waals surface area contributed by atoms with Crippen LogP contribution in [-0.4, -0.2) is 40.7 Å². The lowest BCUT2D eigenvalue weighted by Crippen LogP contribution is -2.41. The normalized spacial score (nSPS) is 16.9. The summed E-state index contributed by atoms with van der Waals surface area (Å²) < 4.78 is 5.57. The molecule has 1 atom stereocenters. The number of ether oxygens (including phenoxy) is 1. The van der Waals surface area contributed by atoms with Gasteiger partial charge in [0.2, 0.25) is 0 Å². The van der Waals surface area contributed by atoms with Crippen LogP contribution in [0.2, 0.25) is 0 Å². The van der Waals surface area contributed by atoms with Crippen LogP contribution in [-0.2, 0) is 11.3 Å². The maximum atomic E-state index is 11.2. The Morgan fingerprint density at radius 2 is 2.18 bits per heavy atom. The second-order valence-electron chi connectivity index (χ2n) is 6.79. The number of anilines is 2. The van der Waals surface area contributed by atoms with E-state index < -0.39 is 0 Å². The molecule has 3 heterocycles. The predicted octanol–water partition coefficient (Wildman–Crippen LogP) is 3.38. The molecule has 0 aliphatic carbocycles. The van der Waals surface area contributed by atoms with E-state index in [1.165, 1.54) is 6.07 Å². The highest BCUT2D eigenvalue weighted by atomic mass is 16.6. The molecule has 1 unspecified atom stereocenters. The molecule has 1 aliphatic heterocycles. The van der Waals surface area contributed by atoms with Crippen LogP contribution in [0.15, 0.2) is 48.8 Å². The number of hydrogen-bond acceptors (Lipinski definition) is 7. The summed E-state index contributed by atoms with van der Waals surface area (Å²) in [6, 6.07) is 10.7. The average Bonchev–Trinajstić information content (AvgIpc) is 2.72. The molecule has 0 spiro atoms. The maximum absolute atomic E-state index is 11.2. The van der Waals surface area contributed by atoms with Crippen molar-refractivity contribution >= 4 is 28.1 Å². The van der Waals surface area contributed by atoms with Crippen LogP contribution in [0.3, 0.4) is 0 Å². The molecule has 1 N–H and O–H groups in total. The van der Waals surface area contributed by atoms with E-state index in [0.29, 0.717) is 24.1 Å². The molecule has 8 nitrogen and oxygen atoms in total. The lowest BCUT2D eigenvalue weighted by atomic mass is 10.1. The van der Waals surface area contributed by atoms with Crippen LogP contribution < -0.4 is 10.2 Å². The zero-order chi connectivity index (χ0) is 19.5. The number of nitro benzene ring substituents is 1. The predicted molar refractivity (Wildman–Crippen MR) is 108 cm³/mol. The number of nitro groups is 1. The van der Waals surface area contributed by atoms with Crippen LogP contribution in [0, 0.1) is 10.1 Å². The van der Waals surface area contributed by atoms with Crippen LogP contribution in [0.25, 0.3) is 10.9 Å². The number of pyridine rings is 2. The van der Waals surface area contributed by atoms with Crippen molar-refractivity contribution in [1.29, 1.82) is 0 Å². The number of benzene rings is 1.